The number of benzene rings is 2. The Morgan fingerprint density at radius 1 is 1.00 bits per heavy atom. The molecule has 0 saturated carbocycles. The van der Waals surface area contributed by atoms with E-state index in [2.05, 4.69) is 21.2 Å². The summed E-state index contributed by atoms with van der Waals surface area (Å²) in [6, 6.07) is 17.5. The van der Waals surface area contributed by atoms with Gasteiger partial charge in [-0.2, -0.15) is 0 Å². The second-order valence-electron chi connectivity index (χ2n) is 6.04. The monoisotopic (exact) mass is 361 g/mol. The molecule has 0 radical (unpaired) electrons. The smallest absolute Gasteiger partial charge is 0.408 e. The average molecular weight is 362 g/mol. The van der Waals surface area contributed by atoms with E-state index in [0.29, 0.717) is 0 Å². The maximum absolute atomic E-state index is 12.1. The molecule has 1 N–H and O–H groups in total. The van der Waals surface area contributed by atoms with Crippen LogP contribution in [-0.4, -0.2) is 11.7 Å². The third-order valence-corrected chi connectivity index (χ3v) is 3.53. The molecule has 0 spiro atoms. The molecule has 3 nitrogen and oxygen atoms in total. The quantitative estimate of drug-likeness (QED) is 0.829. The molecule has 116 valence electrons. The predicted octanol–water partition coefficient (Wildman–Crippen LogP) is 5.06. The molecule has 0 heterocycles. The van der Waals surface area contributed by atoms with Crippen LogP contribution in [0.3, 0.4) is 0 Å². The Balaban J connectivity index is 2.26. The Hall–Kier alpha value is -1.81. The van der Waals surface area contributed by atoms with Crippen LogP contribution in [0.25, 0.3) is 0 Å². The first kappa shape index (κ1) is 16.6. The number of ether oxygens (including phenoxy) is 1. The molecule has 2 aromatic rings. The first-order chi connectivity index (χ1) is 10.3. The molecule has 2 rings (SSSR count). The molecule has 1 amide bonds. The number of carbonyl (C=O) groups is 1. The van der Waals surface area contributed by atoms with Crippen LogP contribution >= 0.6 is 15.9 Å². The Labute approximate surface area is 139 Å². The van der Waals surface area contributed by atoms with E-state index in [4.69, 9.17) is 4.74 Å². The van der Waals surface area contributed by atoms with Gasteiger partial charge in [-0.15, -0.1) is 0 Å². The lowest BCUT2D eigenvalue weighted by molar-refractivity contribution is 0.0512. The van der Waals surface area contributed by atoms with Gasteiger partial charge in [0.25, 0.3) is 0 Å². The highest BCUT2D eigenvalue weighted by molar-refractivity contribution is 9.10. The first-order valence-corrected chi connectivity index (χ1v) is 7.94. The van der Waals surface area contributed by atoms with E-state index in [1.54, 1.807) is 0 Å². The number of nitrogens with one attached hydrogen (secondary N) is 1. The Morgan fingerprint density at radius 3 is 2.09 bits per heavy atom. The number of alkyl carbamates (subject to hydrolysis) is 1. The third-order valence-electron chi connectivity index (χ3n) is 3.00. The molecule has 22 heavy (non-hydrogen) atoms. The van der Waals surface area contributed by atoms with Crippen LogP contribution < -0.4 is 5.32 Å². The van der Waals surface area contributed by atoms with Crippen LogP contribution in [-0.2, 0) is 4.74 Å². The summed E-state index contributed by atoms with van der Waals surface area (Å²) in [5.74, 6) is 0. The molecule has 0 aliphatic rings. The Morgan fingerprint density at radius 2 is 1.55 bits per heavy atom. The summed E-state index contributed by atoms with van der Waals surface area (Å²) in [6.07, 6.45) is -0.427. The van der Waals surface area contributed by atoms with Gasteiger partial charge in [0, 0.05) is 4.47 Å². The summed E-state index contributed by atoms with van der Waals surface area (Å²) in [6.45, 7) is 5.55. The van der Waals surface area contributed by atoms with E-state index in [-0.39, 0.29) is 6.04 Å². The van der Waals surface area contributed by atoms with Gasteiger partial charge in [0.1, 0.15) is 5.60 Å². The van der Waals surface area contributed by atoms with Crippen molar-refractivity contribution in [3.63, 3.8) is 0 Å². The van der Waals surface area contributed by atoms with Crippen molar-refractivity contribution in [1.29, 1.82) is 0 Å². The minimum atomic E-state index is -0.523. The number of hydrogen-bond donors (Lipinski definition) is 1. The predicted molar refractivity (Wildman–Crippen MR) is 91.8 cm³/mol. The number of hydrogen-bond acceptors (Lipinski definition) is 2. The maximum atomic E-state index is 12.1. The lowest BCUT2D eigenvalue weighted by atomic mass is 9.99. The molecule has 1 atom stereocenters. The molecule has 0 saturated heterocycles. The minimum absolute atomic E-state index is 0.246. The summed E-state index contributed by atoms with van der Waals surface area (Å²) in [5, 5.41) is 2.95. The molecular weight excluding hydrogens is 342 g/mol. The van der Waals surface area contributed by atoms with Gasteiger partial charge < -0.3 is 10.1 Å². The van der Waals surface area contributed by atoms with Crippen LogP contribution in [0.15, 0.2) is 59.1 Å². The van der Waals surface area contributed by atoms with Gasteiger partial charge in [0.05, 0.1) is 6.04 Å². The highest BCUT2D eigenvalue weighted by Gasteiger charge is 2.21. The van der Waals surface area contributed by atoms with E-state index in [0.717, 1.165) is 15.6 Å². The summed E-state index contributed by atoms with van der Waals surface area (Å²) >= 11 is 3.43. The molecule has 2 aromatic carbocycles. The van der Waals surface area contributed by atoms with E-state index >= 15 is 0 Å². The molecule has 0 aromatic heterocycles. The largest absolute Gasteiger partial charge is 0.444 e. The molecule has 0 aliphatic heterocycles. The van der Waals surface area contributed by atoms with E-state index in [1.165, 1.54) is 0 Å². The van der Waals surface area contributed by atoms with Gasteiger partial charge in [-0.3, -0.25) is 0 Å². The van der Waals surface area contributed by atoms with Gasteiger partial charge in [0.15, 0.2) is 0 Å². The zero-order valence-corrected chi connectivity index (χ0v) is 14.6. The molecule has 4 heteroatoms. The van der Waals surface area contributed by atoms with Crippen molar-refractivity contribution in [3.05, 3.63) is 70.2 Å². The second kappa shape index (κ2) is 6.97. The fraction of sp³-hybridized carbons (Fsp3) is 0.278. The van der Waals surface area contributed by atoms with Crippen molar-refractivity contribution in [1.82, 2.24) is 5.32 Å². The minimum Gasteiger partial charge on any atom is -0.444 e. The van der Waals surface area contributed by atoms with Crippen LogP contribution in [0.4, 0.5) is 4.79 Å². The van der Waals surface area contributed by atoms with Gasteiger partial charge >= 0.3 is 6.09 Å². The lowest BCUT2D eigenvalue weighted by Crippen LogP contribution is -2.35. The average Bonchev–Trinajstić information content (AvgIpc) is 2.45. The lowest BCUT2D eigenvalue weighted by Gasteiger charge is -2.24. The van der Waals surface area contributed by atoms with Crippen LogP contribution in [0.5, 0.6) is 0 Å². The van der Waals surface area contributed by atoms with Crippen LogP contribution in [0, 0.1) is 0 Å². The zero-order valence-electron chi connectivity index (χ0n) is 13.0. The highest BCUT2D eigenvalue weighted by atomic mass is 79.9. The van der Waals surface area contributed by atoms with Crippen molar-refractivity contribution in [2.75, 3.05) is 0 Å². The fourth-order valence-corrected chi connectivity index (χ4v) is 2.35. The number of amides is 1. The van der Waals surface area contributed by atoms with Crippen molar-refractivity contribution in [3.8, 4) is 0 Å². The number of halogens is 1. The summed E-state index contributed by atoms with van der Waals surface area (Å²) in [4.78, 5) is 12.1. The normalized spacial score (nSPS) is 12.5. The van der Waals surface area contributed by atoms with Gasteiger partial charge in [-0.25, -0.2) is 4.79 Å². The van der Waals surface area contributed by atoms with Crippen LogP contribution in [0.2, 0.25) is 0 Å². The SMILES string of the molecule is CC(C)(C)OC(=O)N[C@@H](c1ccccc1)c1ccc(Br)cc1. The summed E-state index contributed by atoms with van der Waals surface area (Å²) in [5.41, 5.74) is 1.49. The van der Waals surface area contributed by atoms with Crippen molar-refractivity contribution in [2.24, 2.45) is 0 Å². The topological polar surface area (TPSA) is 38.3 Å². The summed E-state index contributed by atoms with van der Waals surface area (Å²) in [7, 11) is 0. The van der Waals surface area contributed by atoms with Crippen molar-refractivity contribution >= 4 is 22.0 Å². The van der Waals surface area contributed by atoms with E-state index in [9.17, 15) is 4.79 Å². The van der Waals surface area contributed by atoms with Gasteiger partial charge in [0.2, 0.25) is 0 Å². The summed E-state index contributed by atoms with van der Waals surface area (Å²) < 4.78 is 6.38. The molecule has 0 bridgehead atoms. The third kappa shape index (κ3) is 4.88. The molecular formula is C18H20BrNO2. The Bertz CT molecular complexity index is 618. The first-order valence-electron chi connectivity index (χ1n) is 7.15. The van der Waals surface area contributed by atoms with Crippen molar-refractivity contribution in [2.45, 2.75) is 32.4 Å². The van der Waals surface area contributed by atoms with Gasteiger partial charge in [-0.1, -0.05) is 58.4 Å². The van der Waals surface area contributed by atoms with Crippen molar-refractivity contribution < 1.29 is 9.53 Å². The number of rotatable bonds is 3. The fourth-order valence-electron chi connectivity index (χ4n) is 2.09. The van der Waals surface area contributed by atoms with Crippen LogP contribution in [0.1, 0.15) is 37.9 Å². The van der Waals surface area contributed by atoms with E-state index in [1.807, 2.05) is 75.4 Å². The second-order valence-corrected chi connectivity index (χ2v) is 6.96. The maximum Gasteiger partial charge on any atom is 0.408 e. The highest BCUT2D eigenvalue weighted by Crippen LogP contribution is 2.24. The molecule has 0 unspecified atom stereocenters. The molecule has 0 fully saturated rings. The number of carbonyl (C=O) groups excluding carboxylic acids is 1. The molecule has 0 aliphatic carbocycles. The van der Waals surface area contributed by atoms with Gasteiger partial charge in [-0.05, 0) is 44.0 Å². The standard InChI is InChI=1S/C18H20BrNO2/c1-18(2,3)22-17(21)20-16(13-7-5-4-6-8-13)14-9-11-15(19)12-10-14/h4-12,16H,1-3H3,(H,20,21)/t16-/m0/s1. The Kier molecular flexibility index (Phi) is 5.24. The van der Waals surface area contributed by atoms with E-state index < -0.39 is 11.7 Å². The zero-order chi connectivity index (χ0) is 16.2.